The van der Waals surface area contributed by atoms with Gasteiger partial charge in [-0.2, -0.15) is 0 Å². The van der Waals surface area contributed by atoms with Gasteiger partial charge in [-0.3, -0.25) is 4.79 Å². The summed E-state index contributed by atoms with van der Waals surface area (Å²) in [4.78, 5) is 36.9. The molecule has 0 aliphatic carbocycles. The molecule has 0 unspecified atom stereocenters. The van der Waals surface area contributed by atoms with Crippen LogP contribution in [0.25, 0.3) is 0 Å². The fourth-order valence-electron chi connectivity index (χ4n) is 2.97. The highest BCUT2D eigenvalue weighted by Crippen LogP contribution is 2.17. The van der Waals surface area contributed by atoms with Crippen molar-refractivity contribution >= 4 is 17.9 Å². The Hall–Kier alpha value is -2.61. The monoisotopic (exact) mass is 377 g/mol. The molecule has 1 aliphatic heterocycles. The number of carbonyl (C=O) groups excluding carboxylic acids is 2. The zero-order valence-electron chi connectivity index (χ0n) is 15.6. The van der Waals surface area contributed by atoms with Crippen molar-refractivity contribution in [2.75, 3.05) is 33.4 Å². The van der Waals surface area contributed by atoms with Gasteiger partial charge in [-0.05, 0) is 37.0 Å². The van der Waals surface area contributed by atoms with Crippen molar-refractivity contribution < 1.29 is 24.2 Å². The first kappa shape index (κ1) is 20.7. The number of carbonyl (C=O) groups is 3. The smallest absolute Gasteiger partial charge is 0.335 e. The molecule has 1 aromatic rings. The molecule has 0 bridgehead atoms. The zero-order valence-corrected chi connectivity index (χ0v) is 15.6. The van der Waals surface area contributed by atoms with Crippen LogP contribution in [-0.2, 0) is 16.1 Å². The van der Waals surface area contributed by atoms with Crippen molar-refractivity contribution in [2.45, 2.75) is 25.8 Å². The van der Waals surface area contributed by atoms with E-state index < -0.39 is 5.97 Å². The van der Waals surface area contributed by atoms with Crippen molar-refractivity contribution in [2.24, 2.45) is 5.92 Å². The minimum Gasteiger partial charge on any atom is -0.478 e. The topological polar surface area (TPSA) is 108 Å². The molecule has 1 aromatic carbocycles. The summed E-state index contributed by atoms with van der Waals surface area (Å²) in [5, 5.41) is 14.6. The number of benzene rings is 1. The highest BCUT2D eigenvalue weighted by molar-refractivity contribution is 5.87. The number of nitrogens with zero attached hydrogens (tertiary/aromatic N) is 1. The number of carboxylic acid groups (broad SMARTS) is 1. The fourth-order valence-corrected chi connectivity index (χ4v) is 2.97. The summed E-state index contributed by atoms with van der Waals surface area (Å²) >= 11 is 0. The lowest BCUT2D eigenvalue weighted by atomic mass is 9.96. The minimum absolute atomic E-state index is 0.0460. The molecule has 1 saturated heterocycles. The average molecular weight is 377 g/mol. The molecule has 0 saturated carbocycles. The predicted octanol–water partition coefficient (Wildman–Crippen LogP) is 1.46. The molecular weight excluding hydrogens is 350 g/mol. The largest absolute Gasteiger partial charge is 0.478 e. The first-order chi connectivity index (χ1) is 13.0. The van der Waals surface area contributed by atoms with Crippen molar-refractivity contribution in [1.29, 1.82) is 0 Å². The van der Waals surface area contributed by atoms with Crippen LogP contribution in [0.5, 0.6) is 0 Å². The van der Waals surface area contributed by atoms with Gasteiger partial charge in [0.1, 0.15) is 0 Å². The Bertz CT molecular complexity index is 639. The third-order valence-corrected chi connectivity index (χ3v) is 4.62. The predicted molar refractivity (Wildman–Crippen MR) is 99.4 cm³/mol. The number of hydrogen-bond donors (Lipinski definition) is 3. The van der Waals surface area contributed by atoms with Crippen LogP contribution in [0.2, 0.25) is 0 Å². The molecule has 1 fully saturated rings. The number of carboxylic acids is 1. The van der Waals surface area contributed by atoms with Gasteiger partial charge in [0.25, 0.3) is 0 Å². The number of urea groups is 1. The van der Waals surface area contributed by atoms with E-state index in [1.54, 1.807) is 24.1 Å². The number of rotatable bonds is 8. The molecule has 0 spiro atoms. The lowest BCUT2D eigenvalue weighted by Crippen LogP contribution is -2.46. The summed E-state index contributed by atoms with van der Waals surface area (Å²) in [5.41, 5.74) is 1.05. The van der Waals surface area contributed by atoms with Gasteiger partial charge >= 0.3 is 12.0 Å². The van der Waals surface area contributed by atoms with Crippen LogP contribution in [0, 0.1) is 5.92 Å². The second kappa shape index (κ2) is 10.5. The number of methoxy groups -OCH3 is 1. The number of nitrogens with one attached hydrogen (secondary N) is 2. The number of hydrogen-bond acceptors (Lipinski definition) is 4. The summed E-state index contributed by atoms with van der Waals surface area (Å²) in [5.74, 6) is -0.985. The molecule has 1 heterocycles. The number of aromatic carboxylic acids is 1. The SMILES string of the molecule is COCCCNC(=O)C1CCN(C(=O)NCc2ccc(C(=O)O)cc2)CC1. The second-order valence-electron chi connectivity index (χ2n) is 6.56. The molecular formula is C19H27N3O5. The number of ether oxygens (including phenoxy) is 1. The van der Waals surface area contributed by atoms with Crippen LogP contribution in [0.1, 0.15) is 35.2 Å². The Kier molecular flexibility index (Phi) is 8.06. The van der Waals surface area contributed by atoms with Crippen LogP contribution < -0.4 is 10.6 Å². The molecule has 2 rings (SSSR count). The molecule has 3 N–H and O–H groups in total. The molecule has 0 aromatic heterocycles. The Labute approximate surface area is 158 Å². The Morgan fingerprint density at radius 3 is 2.41 bits per heavy atom. The lowest BCUT2D eigenvalue weighted by Gasteiger charge is -2.31. The van der Waals surface area contributed by atoms with E-state index in [1.165, 1.54) is 12.1 Å². The maximum atomic E-state index is 12.3. The molecule has 0 radical (unpaired) electrons. The van der Waals surface area contributed by atoms with E-state index in [-0.39, 0.29) is 23.4 Å². The Balaban J connectivity index is 1.70. The summed E-state index contributed by atoms with van der Waals surface area (Å²) in [6.45, 7) is 2.64. The molecule has 3 amide bonds. The summed E-state index contributed by atoms with van der Waals surface area (Å²) in [6.07, 6.45) is 2.09. The fraction of sp³-hybridized carbons (Fsp3) is 0.526. The van der Waals surface area contributed by atoms with Gasteiger partial charge in [0.05, 0.1) is 5.56 Å². The lowest BCUT2D eigenvalue weighted by molar-refractivity contribution is -0.126. The highest BCUT2D eigenvalue weighted by atomic mass is 16.5. The standard InChI is InChI=1S/C19H27N3O5/c1-27-12-2-9-20-17(23)15-7-10-22(11-8-15)19(26)21-13-14-3-5-16(6-4-14)18(24)25/h3-6,15H,2,7-13H2,1H3,(H,20,23)(H,21,26)(H,24,25). The number of likely N-dealkylation sites (tertiary alicyclic amines) is 1. The van der Waals surface area contributed by atoms with Gasteiger partial charge in [-0.15, -0.1) is 0 Å². The van der Waals surface area contributed by atoms with E-state index in [0.29, 0.717) is 45.6 Å². The third-order valence-electron chi connectivity index (χ3n) is 4.62. The van der Waals surface area contributed by atoms with E-state index in [4.69, 9.17) is 9.84 Å². The van der Waals surface area contributed by atoms with Crippen molar-refractivity contribution in [1.82, 2.24) is 15.5 Å². The van der Waals surface area contributed by atoms with E-state index >= 15 is 0 Å². The number of piperidine rings is 1. The molecule has 148 valence electrons. The van der Waals surface area contributed by atoms with E-state index in [2.05, 4.69) is 10.6 Å². The Morgan fingerprint density at radius 1 is 1.15 bits per heavy atom. The summed E-state index contributed by atoms with van der Waals surface area (Å²) in [6, 6.07) is 6.23. The van der Waals surface area contributed by atoms with Crippen molar-refractivity contribution in [3.05, 3.63) is 35.4 Å². The average Bonchev–Trinajstić information content (AvgIpc) is 2.69. The maximum Gasteiger partial charge on any atom is 0.335 e. The van der Waals surface area contributed by atoms with Gasteiger partial charge in [0.15, 0.2) is 0 Å². The first-order valence-corrected chi connectivity index (χ1v) is 9.13. The second-order valence-corrected chi connectivity index (χ2v) is 6.56. The van der Waals surface area contributed by atoms with Crippen LogP contribution in [0.4, 0.5) is 4.79 Å². The third kappa shape index (κ3) is 6.56. The summed E-state index contributed by atoms with van der Waals surface area (Å²) < 4.78 is 4.95. The van der Waals surface area contributed by atoms with Crippen LogP contribution >= 0.6 is 0 Å². The van der Waals surface area contributed by atoms with E-state index in [0.717, 1.165) is 12.0 Å². The van der Waals surface area contributed by atoms with Gasteiger partial charge < -0.3 is 25.4 Å². The maximum absolute atomic E-state index is 12.3. The minimum atomic E-state index is -0.976. The van der Waals surface area contributed by atoms with Crippen molar-refractivity contribution in [3.8, 4) is 0 Å². The first-order valence-electron chi connectivity index (χ1n) is 9.13. The Morgan fingerprint density at radius 2 is 1.81 bits per heavy atom. The van der Waals surface area contributed by atoms with Gasteiger partial charge in [0.2, 0.25) is 5.91 Å². The molecule has 27 heavy (non-hydrogen) atoms. The molecule has 8 heteroatoms. The zero-order chi connectivity index (χ0) is 19.6. The van der Waals surface area contributed by atoms with Crippen molar-refractivity contribution in [3.63, 3.8) is 0 Å². The number of amides is 3. The van der Waals surface area contributed by atoms with E-state index in [9.17, 15) is 14.4 Å². The molecule has 0 atom stereocenters. The quantitative estimate of drug-likeness (QED) is 0.595. The highest BCUT2D eigenvalue weighted by Gasteiger charge is 2.26. The summed E-state index contributed by atoms with van der Waals surface area (Å²) in [7, 11) is 1.63. The molecule has 8 nitrogen and oxygen atoms in total. The van der Waals surface area contributed by atoms with E-state index in [1.807, 2.05) is 0 Å². The van der Waals surface area contributed by atoms with Crippen LogP contribution in [0.15, 0.2) is 24.3 Å². The van der Waals surface area contributed by atoms with Gasteiger partial charge in [0, 0.05) is 45.8 Å². The van der Waals surface area contributed by atoms with Crippen LogP contribution in [0.3, 0.4) is 0 Å². The van der Waals surface area contributed by atoms with Gasteiger partial charge in [-0.1, -0.05) is 12.1 Å². The van der Waals surface area contributed by atoms with Gasteiger partial charge in [-0.25, -0.2) is 9.59 Å². The molecule has 1 aliphatic rings. The normalized spacial score (nSPS) is 14.6. The van der Waals surface area contributed by atoms with Crippen LogP contribution in [-0.4, -0.2) is 61.3 Å².